The van der Waals surface area contributed by atoms with Crippen molar-refractivity contribution in [3.05, 3.63) is 35.4 Å². The van der Waals surface area contributed by atoms with Crippen LogP contribution in [0.5, 0.6) is 0 Å². The number of benzene rings is 1. The lowest BCUT2D eigenvalue weighted by Gasteiger charge is -2.11. The average molecular weight is 298 g/mol. The predicted molar refractivity (Wildman–Crippen MR) is 78.8 cm³/mol. The van der Waals surface area contributed by atoms with Gasteiger partial charge in [0.05, 0.1) is 11.9 Å². The summed E-state index contributed by atoms with van der Waals surface area (Å²) in [4.78, 5) is 0. The van der Waals surface area contributed by atoms with Gasteiger partial charge in [0.15, 0.2) is 0 Å². The van der Waals surface area contributed by atoms with Crippen molar-refractivity contribution in [2.24, 2.45) is 0 Å². The van der Waals surface area contributed by atoms with Crippen molar-refractivity contribution in [3.63, 3.8) is 0 Å². The van der Waals surface area contributed by atoms with Crippen molar-refractivity contribution in [3.8, 4) is 0 Å². The summed E-state index contributed by atoms with van der Waals surface area (Å²) < 4.78 is 32.0. The minimum absolute atomic E-state index is 0.0134. The fourth-order valence-electron chi connectivity index (χ4n) is 2.25. The van der Waals surface area contributed by atoms with E-state index in [9.17, 15) is 8.42 Å². The zero-order valence-electron chi connectivity index (χ0n) is 11.8. The fraction of sp³-hybridized carbons (Fsp3) is 0.571. The lowest BCUT2D eigenvalue weighted by Crippen LogP contribution is -2.32. The molecular formula is C14H22N2O3S. The molecule has 1 aliphatic rings. The van der Waals surface area contributed by atoms with Gasteiger partial charge in [-0.25, -0.2) is 13.1 Å². The summed E-state index contributed by atoms with van der Waals surface area (Å²) in [5.41, 5.74) is 1.94. The Morgan fingerprint density at radius 2 is 1.95 bits per heavy atom. The van der Waals surface area contributed by atoms with E-state index in [4.69, 9.17) is 4.74 Å². The molecule has 1 fully saturated rings. The summed E-state index contributed by atoms with van der Waals surface area (Å²) >= 11 is 0. The molecule has 1 atom stereocenters. The van der Waals surface area contributed by atoms with Gasteiger partial charge in [-0.05, 0) is 31.0 Å². The van der Waals surface area contributed by atoms with Crippen molar-refractivity contribution < 1.29 is 13.2 Å². The Balaban J connectivity index is 1.86. The van der Waals surface area contributed by atoms with Crippen LogP contribution in [0.25, 0.3) is 0 Å². The first-order valence-electron chi connectivity index (χ1n) is 6.90. The smallest absolute Gasteiger partial charge is 0.215 e. The van der Waals surface area contributed by atoms with Gasteiger partial charge in [-0.15, -0.1) is 0 Å². The van der Waals surface area contributed by atoms with E-state index >= 15 is 0 Å². The van der Waals surface area contributed by atoms with E-state index in [-0.39, 0.29) is 11.9 Å². The average Bonchev–Trinajstić information content (AvgIpc) is 2.92. The lowest BCUT2D eigenvalue weighted by molar-refractivity contribution is 0.114. The van der Waals surface area contributed by atoms with E-state index in [2.05, 4.69) is 10.0 Å². The molecule has 1 aliphatic heterocycles. The van der Waals surface area contributed by atoms with Crippen molar-refractivity contribution in [2.75, 3.05) is 20.2 Å². The normalized spacial score (nSPS) is 19.4. The highest BCUT2D eigenvalue weighted by Crippen LogP contribution is 2.12. The Labute approximate surface area is 120 Å². The molecule has 0 aliphatic carbocycles. The molecule has 2 N–H and O–H groups in total. The van der Waals surface area contributed by atoms with Gasteiger partial charge in [0.25, 0.3) is 0 Å². The molecule has 112 valence electrons. The topological polar surface area (TPSA) is 67.4 Å². The van der Waals surface area contributed by atoms with Crippen LogP contribution in [0.15, 0.2) is 24.3 Å². The highest BCUT2D eigenvalue weighted by molar-refractivity contribution is 7.88. The molecule has 20 heavy (non-hydrogen) atoms. The van der Waals surface area contributed by atoms with Gasteiger partial charge in [0.1, 0.15) is 0 Å². The molecule has 1 aromatic rings. The third-order valence-corrected chi connectivity index (χ3v) is 4.64. The molecule has 2 rings (SSSR count). The minimum Gasteiger partial charge on any atom is -0.377 e. The number of hydrogen-bond acceptors (Lipinski definition) is 4. The summed E-state index contributed by atoms with van der Waals surface area (Å²) in [5, 5.41) is 3.06. The maximum atomic E-state index is 12.0. The van der Waals surface area contributed by atoms with E-state index in [1.165, 1.54) is 0 Å². The number of hydrogen-bond donors (Lipinski definition) is 2. The highest BCUT2D eigenvalue weighted by Gasteiger charge is 2.19. The first-order valence-corrected chi connectivity index (χ1v) is 8.55. The van der Waals surface area contributed by atoms with Crippen LogP contribution in [0.2, 0.25) is 0 Å². The number of nitrogens with one attached hydrogen (secondary N) is 2. The molecule has 0 aromatic heterocycles. The zero-order valence-corrected chi connectivity index (χ0v) is 12.6. The number of rotatable bonds is 7. The predicted octanol–water partition coefficient (Wildman–Crippen LogP) is 1.00. The number of sulfonamides is 1. The van der Waals surface area contributed by atoms with Gasteiger partial charge in [-0.1, -0.05) is 24.3 Å². The van der Waals surface area contributed by atoms with Gasteiger partial charge in [0, 0.05) is 19.7 Å². The first-order chi connectivity index (χ1) is 9.59. The van der Waals surface area contributed by atoms with Crippen LogP contribution < -0.4 is 10.0 Å². The Hall–Kier alpha value is -0.950. The maximum absolute atomic E-state index is 12.0. The van der Waals surface area contributed by atoms with Crippen LogP contribution >= 0.6 is 0 Å². The van der Waals surface area contributed by atoms with E-state index < -0.39 is 10.0 Å². The fourth-order valence-corrected chi connectivity index (χ4v) is 3.43. The first kappa shape index (κ1) is 15.4. The second-order valence-corrected chi connectivity index (χ2v) is 6.90. The molecule has 1 unspecified atom stereocenters. The molecule has 0 radical (unpaired) electrons. The third kappa shape index (κ3) is 4.86. The Bertz CT molecular complexity index is 508. The minimum atomic E-state index is -3.29. The lowest BCUT2D eigenvalue weighted by atomic mass is 10.1. The summed E-state index contributed by atoms with van der Waals surface area (Å²) in [6, 6.07) is 7.61. The SMILES string of the molecule is CNCc1ccc(CS(=O)(=O)NCC2CCCO2)cc1. The summed E-state index contributed by atoms with van der Waals surface area (Å²) in [5.74, 6) is 0.0134. The second kappa shape index (κ2) is 7.17. The van der Waals surface area contributed by atoms with Crippen LogP contribution in [0.3, 0.4) is 0 Å². The second-order valence-electron chi connectivity index (χ2n) is 5.09. The summed E-state index contributed by atoms with van der Waals surface area (Å²) in [6.45, 7) is 1.89. The Kier molecular flexibility index (Phi) is 5.54. The van der Waals surface area contributed by atoms with Crippen LogP contribution in [0.4, 0.5) is 0 Å². The maximum Gasteiger partial charge on any atom is 0.215 e. The molecule has 6 heteroatoms. The van der Waals surface area contributed by atoms with Gasteiger partial charge in [0.2, 0.25) is 10.0 Å². The largest absolute Gasteiger partial charge is 0.377 e. The Morgan fingerprint density at radius 3 is 2.55 bits per heavy atom. The molecule has 0 bridgehead atoms. The van der Waals surface area contributed by atoms with E-state index in [1.807, 2.05) is 31.3 Å². The van der Waals surface area contributed by atoms with E-state index in [1.54, 1.807) is 0 Å². The molecule has 0 spiro atoms. The van der Waals surface area contributed by atoms with Gasteiger partial charge < -0.3 is 10.1 Å². The molecule has 1 saturated heterocycles. The molecular weight excluding hydrogens is 276 g/mol. The van der Waals surface area contributed by atoms with Crippen LogP contribution in [0.1, 0.15) is 24.0 Å². The molecule has 5 nitrogen and oxygen atoms in total. The molecule has 0 saturated carbocycles. The van der Waals surface area contributed by atoms with Crippen molar-refractivity contribution in [1.82, 2.24) is 10.0 Å². The van der Waals surface area contributed by atoms with Crippen LogP contribution in [-0.2, 0) is 27.1 Å². The summed E-state index contributed by atoms with van der Waals surface area (Å²) in [6.07, 6.45) is 1.98. The number of ether oxygens (including phenoxy) is 1. The zero-order chi connectivity index (χ0) is 14.4. The quantitative estimate of drug-likeness (QED) is 0.788. The monoisotopic (exact) mass is 298 g/mol. The standard InChI is InChI=1S/C14H22N2O3S/c1-15-9-12-4-6-13(7-5-12)11-20(17,18)16-10-14-3-2-8-19-14/h4-7,14-16H,2-3,8-11H2,1H3. The van der Waals surface area contributed by atoms with Crippen LogP contribution in [0, 0.1) is 0 Å². The van der Waals surface area contributed by atoms with E-state index in [0.29, 0.717) is 6.54 Å². The molecule has 1 heterocycles. The van der Waals surface area contributed by atoms with Gasteiger partial charge in [-0.2, -0.15) is 0 Å². The Morgan fingerprint density at radius 1 is 1.25 bits per heavy atom. The molecule has 0 amide bonds. The third-order valence-electron chi connectivity index (χ3n) is 3.32. The van der Waals surface area contributed by atoms with E-state index in [0.717, 1.165) is 37.1 Å². The van der Waals surface area contributed by atoms with Gasteiger partial charge in [-0.3, -0.25) is 0 Å². The van der Waals surface area contributed by atoms with Crippen molar-refractivity contribution in [1.29, 1.82) is 0 Å². The van der Waals surface area contributed by atoms with Crippen LogP contribution in [-0.4, -0.2) is 34.7 Å². The van der Waals surface area contributed by atoms with Crippen molar-refractivity contribution >= 4 is 10.0 Å². The van der Waals surface area contributed by atoms with Crippen molar-refractivity contribution in [2.45, 2.75) is 31.2 Å². The van der Waals surface area contributed by atoms with Gasteiger partial charge >= 0.3 is 0 Å². The molecule has 1 aromatic carbocycles. The highest BCUT2D eigenvalue weighted by atomic mass is 32.2. The summed E-state index contributed by atoms with van der Waals surface area (Å²) in [7, 11) is -1.41.